The highest BCUT2D eigenvalue weighted by Crippen LogP contribution is 2.19. The minimum Gasteiger partial charge on any atom is -0.394 e. The second kappa shape index (κ2) is 5.55. The van der Waals surface area contributed by atoms with Gasteiger partial charge in [0.25, 0.3) is 0 Å². The molecule has 0 spiro atoms. The molecule has 5 atom stereocenters. The van der Waals surface area contributed by atoms with Gasteiger partial charge in [-0.05, 0) is 0 Å². The van der Waals surface area contributed by atoms with Crippen LogP contribution in [0, 0.1) is 0 Å². The molecule has 0 radical (unpaired) electrons. The summed E-state index contributed by atoms with van der Waals surface area (Å²) < 4.78 is 4.86. The van der Waals surface area contributed by atoms with Gasteiger partial charge in [0.15, 0.2) is 6.29 Å². The maximum absolute atomic E-state index is 11.1. The van der Waals surface area contributed by atoms with Crippen molar-refractivity contribution < 1.29 is 30.0 Å². The number of hydrogen-bond acceptors (Lipinski definition) is 6. The van der Waals surface area contributed by atoms with E-state index in [-0.39, 0.29) is 12.3 Å². The minimum absolute atomic E-state index is 0.190. The molecule has 3 unspecified atom stereocenters. The van der Waals surface area contributed by atoms with Crippen LogP contribution in [0.4, 0.5) is 0 Å². The lowest BCUT2D eigenvalue weighted by atomic mass is 9.97. The number of amides is 1. The van der Waals surface area contributed by atoms with Crippen molar-refractivity contribution in [1.29, 1.82) is 0 Å². The van der Waals surface area contributed by atoms with Crippen LogP contribution in [-0.2, 0) is 9.53 Å². The molecule has 1 aliphatic rings. The molecule has 1 fully saturated rings. The molecular formula is C9H17NO6. The zero-order valence-corrected chi connectivity index (χ0v) is 8.91. The second-order valence-corrected chi connectivity index (χ2v) is 3.68. The Bertz CT molecular complexity index is 248. The van der Waals surface area contributed by atoms with Gasteiger partial charge in [-0.2, -0.15) is 0 Å². The summed E-state index contributed by atoms with van der Waals surface area (Å²) in [5.41, 5.74) is 0. The first-order chi connectivity index (χ1) is 7.51. The smallest absolute Gasteiger partial charge is 0.220 e. The maximum Gasteiger partial charge on any atom is 0.220 e. The van der Waals surface area contributed by atoms with Crippen molar-refractivity contribution in [3.8, 4) is 0 Å². The predicted molar refractivity (Wildman–Crippen MR) is 52.2 cm³/mol. The van der Waals surface area contributed by atoms with E-state index in [0.717, 1.165) is 0 Å². The van der Waals surface area contributed by atoms with Crippen LogP contribution in [0.25, 0.3) is 0 Å². The van der Waals surface area contributed by atoms with Crippen LogP contribution in [0.15, 0.2) is 0 Å². The number of carbonyl (C=O) groups is 1. The van der Waals surface area contributed by atoms with Crippen LogP contribution in [0.5, 0.6) is 0 Å². The third-order valence-corrected chi connectivity index (χ3v) is 2.55. The summed E-state index contributed by atoms with van der Waals surface area (Å²) in [7, 11) is 0. The first-order valence-electron chi connectivity index (χ1n) is 5.11. The fourth-order valence-corrected chi connectivity index (χ4v) is 1.54. The van der Waals surface area contributed by atoms with Gasteiger partial charge in [-0.25, -0.2) is 0 Å². The Morgan fingerprint density at radius 3 is 2.44 bits per heavy atom. The van der Waals surface area contributed by atoms with Crippen molar-refractivity contribution in [2.75, 3.05) is 6.61 Å². The molecule has 0 aromatic heterocycles. The van der Waals surface area contributed by atoms with E-state index >= 15 is 0 Å². The summed E-state index contributed by atoms with van der Waals surface area (Å²) >= 11 is 0. The average molecular weight is 235 g/mol. The summed E-state index contributed by atoms with van der Waals surface area (Å²) in [5.74, 6) is -0.374. The third-order valence-electron chi connectivity index (χ3n) is 2.55. The third kappa shape index (κ3) is 2.69. The van der Waals surface area contributed by atoms with E-state index in [9.17, 15) is 20.1 Å². The van der Waals surface area contributed by atoms with E-state index in [2.05, 4.69) is 5.32 Å². The van der Waals surface area contributed by atoms with Crippen LogP contribution in [0.3, 0.4) is 0 Å². The van der Waals surface area contributed by atoms with Crippen molar-refractivity contribution in [1.82, 2.24) is 5.32 Å². The van der Waals surface area contributed by atoms with E-state index in [1.54, 1.807) is 6.92 Å². The maximum atomic E-state index is 11.1. The zero-order chi connectivity index (χ0) is 12.3. The molecule has 7 nitrogen and oxygen atoms in total. The van der Waals surface area contributed by atoms with Gasteiger partial charge in [-0.1, -0.05) is 6.92 Å². The number of hydrogen-bond donors (Lipinski definition) is 5. The molecule has 94 valence electrons. The lowest BCUT2D eigenvalue weighted by molar-refractivity contribution is -0.253. The molecule has 1 rings (SSSR count). The van der Waals surface area contributed by atoms with Gasteiger partial charge in [0.2, 0.25) is 5.91 Å². The van der Waals surface area contributed by atoms with Crippen LogP contribution in [0.1, 0.15) is 13.3 Å². The van der Waals surface area contributed by atoms with Crippen LogP contribution in [0.2, 0.25) is 0 Å². The quantitative estimate of drug-likeness (QED) is 0.363. The van der Waals surface area contributed by atoms with Crippen LogP contribution < -0.4 is 5.32 Å². The van der Waals surface area contributed by atoms with Crippen molar-refractivity contribution in [2.45, 2.75) is 44.0 Å². The van der Waals surface area contributed by atoms with Gasteiger partial charge >= 0.3 is 0 Å². The molecule has 0 saturated carbocycles. The number of aliphatic hydroxyl groups excluding tert-OH is 4. The Morgan fingerprint density at radius 1 is 1.31 bits per heavy atom. The number of carbonyl (C=O) groups excluding carboxylic acids is 1. The summed E-state index contributed by atoms with van der Waals surface area (Å²) in [6.45, 7) is 1.09. The first kappa shape index (κ1) is 13.3. The molecule has 0 bridgehead atoms. The average Bonchev–Trinajstić information content (AvgIpc) is 2.28. The fraction of sp³-hybridized carbons (Fsp3) is 0.889. The Kier molecular flexibility index (Phi) is 4.63. The lowest BCUT2D eigenvalue weighted by Gasteiger charge is -2.40. The monoisotopic (exact) mass is 235 g/mol. The van der Waals surface area contributed by atoms with Gasteiger partial charge in [0.05, 0.1) is 6.61 Å². The molecular weight excluding hydrogens is 218 g/mol. The number of aliphatic hydroxyl groups is 4. The molecule has 0 aliphatic carbocycles. The van der Waals surface area contributed by atoms with Gasteiger partial charge < -0.3 is 30.5 Å². The molecule has 7 heteroatoms. The molecule has 0 aromatic carbocycles. The summed E-state index contributed by atoms with van der Waals surface area (Å²) in [4.78, 5) is 11.1. The van der Waals surface area contributed by atoms with Gasteiger partial charge in [0.1, 0.15) is 24.4 Å². The van der Waals surface area contributed by atoms with Gasteiger partial charge in [-0.15, -0.1) is 0 Å². The molecule has 0 aromatic rings. The summed E-state index contributed by atoms with van der Waals surface area (Å²) in [6, 6.07) is -1.09. The Hall–Kier alpha value is -0.730. The van der Waals surface area contributed by atoms with E-state index in [4.69, 9.17) is 9.84 Å². The van der Waals surface area contributed by atoms with Crippen molar-refractivity contribution in [2.24, 2.45) is 0 Å². The van der Waals surface area contributed by atoms with E-state index in [1.807, 2.05) is 0 Å². The molecule has 1 amide bonds. The van der Waals surface area contributed by atoms with Crippen molar-refractivity contribution in [3.63, 3.8) is 0 Å². The first-order valence-corrected chi connectivity index (χ1v) is 5.11. The molecule has 1 aliphatic heterocycles. The Balaban J connectivity index is 2.67. The highest BCUT2D eigenvalue weighted by Gasteiger charge is 2.44. The number of nitrogens with one attached hydrogen (secondary N) is 1. The van der Waals surface area contributed by atoms with Crippen LogP contribution in [-0.4, -0.2) is 63.6 Å². The Morgan fingerprint density at radius 2 is 1.94 bits per heavy atom. The van der Waals surface area contributed by atoms with Crippen LogP contribution >= 0.6 is 0 Å². The standard InChI is InChI=1S/C9H17NO6/c1-2-5(12)10-6-8(14)7(13)4(3-11)16-9(6)15/h4,6-9,11,13-15H,2-3H2,1H3,(H,10,12)/t4?,6-,7?,8+,9?/m0/s1. The highest BCUT2D eigenvalue weighted by molar-refractivity contribution is 5.76. The van der Waals surface area contributed by atoms with Gasteiger partial charge in [-0.3, -0.25) is 4.79 Å². The summed E-state index contributed by atoms with van der Waals surface area (Å²) in [5, 5.41) is 39.8. The van der Waals surface area contributed by atoms with E-state index < -0.39 is 37.3 Å². The van der Waals surface area contributed by atoms with Crippen molar-refractivity contribution in [3.05, 3.63) is 0 Å². The van der Waals surface area contributed by atoms with Crippen molar-refractivity contribution >= 4 is 5.91 Å². The number of ether oxygens (including phenoxy) is 1. The fourth-order valence-electron chi connectivity index (χ4n) is 1.54. The highest BCUT2D eigenvalue weighted by atomic mass is 16.6. The molecule has 5 N–H and O–H groups in total. The summed E-state index contributed by atoms with van der Waals surface area (Å²) in [6.07, 6.45) is -5.05. The minimum atomic E-state index is -1.45. The largest absolute Gasteiger partial charge is 0.394 e. The number of rotatable bonds is 3. The lowest BCUT2D eigenvalue weighted by Crippen LogP contribution is -2.64. The second-order valence-electron chi connectivity index (χ2n) is 3.68. The SMILES string of the molecule is CCC(=O)N[C@@H]1C(O)OC(CO)C(O)[C@@H]1O. The predicted octanol–water partition coefficient (Wildman–Crippen LogP) is -2.69. The zero-order valence-electron chi connectivity index (χ0n) is 8.91. The normalized spacial score (nSPS) is 39.4. The molecule has 16 heavy (non-hydrogen) atoms. The molecule has 1 saturated heterocycles. The van der Waals surface area contributed by atoms with E-state index in [1.165, 1.54) is 0 Å². The topological polar surface area (TPSA) is 119 Å². The molecule has 1 heterocycles. The Labute approximate surface area is 92.7 Å². The van der Waals surface area contributed by atoms with Gasteiger partial charge in [0, 0.05) is 6.42 Å². The van der Waals surface area contributed by atoms with E-state index in [0.29, 0.717) is 0 Å².